The molecule has 0 spiro atoms. The maximum absolute atomic E-state index is 12.6. The van der Waals surface area contributed by atoms with Gasteiger partial charge in [0.05, 0.1) is 11.4 Å². The standard InChI is InChI=1S/C17H18N6O2S/c24-15(6-5-14-18-16(21-25-14)12-2-1-9-26-12)22-7-8-23-13(10-22)19-20-17(23)11-3-4-11/h1-2,9,11H,3-8,10H2. The van der Waals surface area contributed by atoms with Crippen molar-refractivity contribution in [3.63, 3.8) is 0 Å². The molecule has 1 aliphatic carbocycles. The minimum Gasteiger partial charge on any atom is -0.339 e. The van der Waals surface area contributed by atoms with Crippen molar-refractivity contribution in [3.8, 4) is 10.7 Å². The largest absolute Gasteiger partial charge is 0.339 e. The maximum Gasteiger partial charge on any atom is 0.227 e. The molecule has 0 atom stereocenters. The van der Waals surface area contributed by atoms with E-state index in [2.05, 4.69) is 24.9 Å². The topological polar surface area (TPSA) is 89.9 Å². The number of aryl methyl sites for hydroxylation is 1. The predicted octanol–water partition coefficient (Wildman–Crippen LogP) is 2.24. The van der Waals surface area contributed by atoms with Crippen LogP contribution < -0.4 is 0 Å². The van der Waals surface area contributed by atoms with Crippen LogP contribution in [-0.4, -0.2) is 42.3 Å². The summed E-state index contributed by atoms with van der Waals surface area (Å²) in [5.74, 6) is 3.74. The monoisotopic (exact) mass is 370 g/mol. The van der Waals surface area contributed by atoms with Gasteiger partial charge in [0.25, 0.3) is 0 Å². The molecule has 1 amide bonds. The highest BCUT2D eigenvalue weighted by Gasteiger charge is 2.32. The predicted molar refractivity (Wildman–Crippen MR) is 93.3 cm³/mol. The minimum absolute atomic E-state index is 0.0862. The van der Waals surface area contributed by atoms with E-state index in [1.807, 2.05) is 22.4 Å². The van der Waals surface area contributed by atoms with Crippen molar-refractivity contribution in [2.24, 2.45) is 0 Å². The van der Waals surface area contributed by atoms with E-state index in [1.165, 1.54) is 12.8 Å². The number of amides is 1. The Balaban J connectivity index is 1.20. The first-order valence-electron chi connectivity index (χ1n) is 8.84. The molecule has 3 aromatic rings. The van der Waals surface area contributed by atoms with Crippen LogP contribution in [-0.2, 0) is 24.3 Å². The van der Waals surface area contributed by atoms with Gasteiger partial charge in [0.1, 0.15) is 5.82 Å². The number of carbonyl (C=O) groups excluding carboxylic acids is 1. The number of fused-ring (bicyclic) bond motifs is 1. The Kier molecular flexibility index (Phi) is 3.81. The summed E-state index contributed by atoms with van der Waals surface area (Å²) >= 11 is 1.56. The second kappa shape index (κ2) is 6.31. The van der Waals surface area contributed by atoms with Crippen molar-refractivity contribution < 1.29 is 9.32 Å². The van der Waals surface area contributed by atoms with Gasteiger partial charge in [-0.1, -0.05) is 11.2 Å². The zero-order valence-corrected chi connectivity index (χ0v) is 15.0. The van der Waals surface area contributed by atoms with Crippen molar-refractivity contribution in [1.29, 1.82) is 0 Å². The van der Waals surface area contributed by atoms with Crippen molar-refractivity contribution in [3.05, 3.63) is 35.1 Å². The molecule has 2 aliphatic rings. The third-order valence-electron chi connectivity index (χ3n) is 4.84. The summed E-state index contributed by atoms with van der Waals surface area (Å²) in [7, 11) is 0. The first-order chi connectivity index (χ1) is 12.8. The lowest BCUT2D eigenvalue weighted by molar-refractivity contribution is -0.132. The van der Waals surface area contributed by atoms with Crippen LogP contribution in [0.5, 0.6) is 0 Å². The van der Waals surface area contributed by atoms with Gasteiger partial charge in [-0.05, 0) is 24.3 Å². The Hall–Kier alpha value is -2.55. The van der Waals surface area contributed by atoms with Crippen LogP contribution >= 0.6 is 11.3 Å². The number of hydrogen-bond acceptors (Lipinski definition) is 7. The molecule has 1 fully saturated rings. The Morgan fingerprint density at radius 1 is 1.31 bits per heavy atom. The van der Waals surface area contributed by atoms with Gasteiger partial charge in [-0.15, -0.1) is 21.5 Å². The lowest BCUT2D eigenvalue weighted by atomic mass is 10.2. The molecular formula is C17H18N6O2S. The van der Waals surface area contributed by atoms with Crippen LogP contribution in [0.2, 0.25) is 0 Å². The third-order valence-corrected chi connectivity index (χ3v) is 5.71. The van der Waals surface area contributed by atoms with Crippen LogP contribution in [0.3, 0.4) is 0 Å². The molecule has 4 heterocycles. The fourth-order valence-corrected chi connectivity index (χ4v) is 3.92. The Labute approximate surface area is 153 Å². The van der Waals surface area contributed by atoms with E-state index in [-0.39, 0.29) is 5.91 Å². The molecule has 26 heavy (non-hydrogen) atoms. The van der Waals surface area contributed by atoms with Gasteiger partial charge in [-0.25, -0.2) is 0 Å². The fraction of sp³-hybridized carbons (Fsp3) is 0.471. The molecule has 0 bridgehead atoms. The van der Waals surface area contributed by atoms with E-state index in [0.717, 1.165) is 23.1 Å². The van der Waals surface area contributed by atoms with Gasteiger partial charge in [-0.2, -0.15) is 4.98 Å². The number of carbonyl (C=O) groups is 1. The van der Waals surface area contributed by atoms with Gasteiger partial charge in [0.15, 0.2) is 5.82 Å². The first kappa shape index (κ1) is 15.7. The van der Waals surface area contributed by atoms with Crippen molar-refractivity contribution in [2.45, 2.75) is 44.7 Å². The summed E-state index contributed by atoms with van der Waals surface area (Å²) in [6.07, 6.45) is 3.22. The Morgan fingerprint density at radius 2 is 2.23 bits per heavy atom. The summed E-state index contributed by atoms with van der Waals surface area (Å²) < 4.78 is 7.45. The quantitative estimate of drug-likeness (QED) is 0.684. The normalized spacial score (nSPS) is 16.7. The first-order valence-corrected chi connectivity index (χ1v) is 9.72. The fourth-order valence-electron chi connectivity index (χ4n) is 3.27. The Bertz CT molecular complexity index is 927. The molecule has 0 radical (unpaired) electrons. The van der Waals surface area contributed by atoms with E-state index in [4.69, 9.17) is 4.52 Å². The number of thiophene rings is 1. The lowest BCUT2D eigenvalue weighted by Crippen LogP contribution is -2.38. The highest BCUT2D eigenvalue weighted by molar-refractivity contribution is 7.13. The molecule has 0 N–H and O–H groups in total. The molecule has 1 saturated carbocycles. The molecular weight excluding hydrogens is 352 g/mol. The van der Waals surface area contributed by atoms with Crippen molar-refractivity contribution in [1.82, 2.24) is 29.8 Å². The van der Waals surface area contributed by atoms with Crippen LogP contribution in [0.15, 0.2) is 22.0 Å². The summed E-state index contributed by atoms with van der Waals surface area (Å²) in [5, 5.41) is 14.5. The van der Waals surface area contributed by atoms with Gasteiger partial charge in [0, 0.05) is 31.8 Å². The highest BCUT2D eigenvalue weighted by Crippen LogP contribution is 2.39. The molecule has 8 nitrogen and oxygen atoms in total. The zero-order chi connectivity index (χ0) is 17.5. The van der Waals surface area contributed by atoms with E-state index < -0.39 is 0 Å². The third kappa shape index (κ3) is 2.92. The molecule has 1 aliphatic heterocycles. The SMILES string of the molecule is O=C(CCc1nc(-c2cccs2)no1)N1CCn2c(nnc2C2CC2)C1. The van der Waals surface area contributed by atoms with Crippen molar-refractivity contribution in [2.75, 3.05) is 6.54 Å². The lowest BCUT2D eigenvalue weighted by Gasteiger charge is -2.27. The molecule has 0 aromatic carbocycles. The average molecular weight is 370 g/mol. The average Bonchev–Trinajstić information content (AvgIpc) is 3.09. The highest BCUT2D eigenvalue weighted by atomic mass is 32.1. The van der Waals surface area contributed by atoms with Crippen LogP contribution in [0.4, 0.5) is 0 Å². The van der Waals surface area contributed by atoms with Crippen LogP contribution in [0, 0.1) is 0 Å². The molecule has 0 saturated heterocycles. The molecule has 9 heteroatoms. The van der Waals surface area contributed by atoms with Gasteiger partial charge >= 0.3 is 0 Å². The molecule has 134 valence electrons. The second-order valence-electron chi connectivity index (χ2n) is 6.70. The van der Waals surface area contributed by atoms with Crippen molar-refractivity contribution >= 4 is 17.2 Å². The van der Waals surface area contributed by atoms with Crippen LogP contribution in [0.1, 0.15) is 42.7 Å². The van der Waals surface area contributed by atoms with Gasteiger partial charge in [0.2, 0.25) is 17.6 Å². The summed E-state index contributed by atoms with van der Waals surface area (Å²) in [6, 6.07) is 3.90. The second-order valence-corrected chi connectivity index (χ2v) is 7.65. The van der Waals surface area contributed by atoms with E-state index in [1.54, 1.807) is 11.3 Å². The number of hydrogen-bond donors (Lipinski definition) is 0. The van der Waals surface area contributed by atoms with E-state index in [0.29, 0.717) is 43.6 Å². The number of nitrogens with zero attached hydrogens (tertiary/aromatic N) is 6. The molecule has 0 unspecified atom stereocenters. The Morgan fingerprint density at radius 3 is 3.04 bits per heavy atom. The minimum atomic E-state index is 0.0862. The summed E-state index contributed by atoms with van der Waals surface area (Å²) in [6.45, 7) is 2.01. The number of aromatic nitrogens is 5. The van der Waals surface area contributed by atoms with E-state index >= 15 is 0 Å². The van der Waals surface area contributed by atoms with Gasteiger partial charge in [-0.3, -0.25) is 4.79 Å². The smallest absolute Gasteiger partial charge is 0.227 e. The van der Waals surface area contributed by atoms with E-state index in [9.17, 15) is 4.79 Å². The van der Waals surface area contributed by atoms with Crippen LogP contribution in [0.25, 0.3) is 10.7 Å². The summed E-state index contributed by atoms with van der Waals surface area (Å²) in [4.78, 5) is 19.7. The van der Waals surface area contributed by atoms with Gasteiger partial charge < -0.3 is 14.0 Å². The molecule has 5 rings (SSSR count). The zero-order valence-electron chi connectivity index (χ0n) is 14.2. The number of rotatable bonds is 5. The summed E-state index contributed by atoms with van der Waals surface area (Å²) in [5.41, 5.74) is 0. The maximum atomic E-state index is 12.6. The molecule has 3 aromatic heterocycles.